The van der Waals surface area contributed by atoms with Gasteiger partial charge in [-0.15, -0.1) is 0 Å². The van der Waals surface area contributed by atoms with Gasteiger partial charge in [-0.3, -0.25) is 19.6 Å². The van der Waals surface area contributed by atoms with E-state index in [0.717, 1.165) is 49.8 Å². The van der Waals surface area contributed by atoms with E-state index in [2.05, 4.69) is 37.5 Å². The van der Waals surface area contributed by atoms with E-state index in [1.54, 1.807) is 22.9 Å². The van der Waals surface area contributed by atoms with Crippen molar-refractivity contribution in [3.63, 3.8) is 0 Å². The molecule has 164 valence electrons. The average Bonchev–Trinajstić information content (AvgIpc) is 3.61. The van der Waals surface area contributed by atoms with E-state index in [-0.39, 0.29) is 5.56 Å². The lowest BCUT2D eigenvalue weighted by Crippen LogP contribution is -2.15. The number of hydrogen-bond donors (Lipinski definition) is 3. The lowest BCUT2D eigenvalue weighted by molar-refractivity contribution is 0.991. The SMILES string of the molecule is O=c1ccccn1-c1ccc2c(-c3cc4ccccc4[nH]3)n[nH]c2c1.c1ccc2[nH]ncc2c1. The van der Waals surface area contributed by atoms with Crippen LogP contribution in [-0.4, -0.2) is 29.9 Å². The van der Waals surface area contributed by atoms with Crippen LogP contribution in [0, 0.1) is 0 Å². The Hall–Kier alpha value is -4.91. The van der Waals surface area contributed by atoms with Crippen molar-refractivity contribution >= 4 is 32.7 Å². The second kappa shape index (κ2) is 8.22. The number of aromatic amines is 3. The average molecular weight is 444 g/mol. The molecule has 0 fully saturated rings. The fraction of sp³-hybridized carbons (Fsp3) is 0. The largest absolute Gasteiger partial charge is 0.353 e. The van der Waals surface area contributed by atoms with Crippen LogP contribution in [0.1, 0.15) is 0 Å². The first-order chi connectivity index (χ1) is 16.8. The molecule has 7 heteroatoms. The van der Waals surface area contributed by atoms with Crippen molar-refractivity contribution in [2.45, 2.75) is 0 Å². The van der Waals surface area contributed by atoms with Crippen LogP contribution in [-0.2, 0) is 0 Å². The number of nitrogens with one attached hydrogen (secondary N) is 3. The molecule has 34 heavy (non-hydrogen) atoms. The highest BCUT2D eigenvalue weighted by molar-refractivity contribution is 5.96. The van der Waals surface area contributed by atoms with Crippen molar-refractivity contribution in [1.29, 1.82) is 0 Å². The summed E-state index contributed by atoms with van der Waals surface area (Å²) >= 11 is 0. The molecular weight excluding hydrogens is 424 g/mol. The number of aromatic nitrogens is 6. The number of pyridine rings is 1. The number of fused-ring (bicyclic) bond motifs is 3. The summed E-state index contributed by atoms with van der Waals surface area (Å²) in [6, 6.07) is 29.3. The summed E-state index contributed by atoms with van der Waals surface area (Å²) in [6.45, 7) is 0. The second-order valence-corrected chi connectivity index (χ2v) is 7.94. The minimum atomic E-state index is -0.0581. The van der Waals surface area contributed by atoms with Gasteiger partial charge in [-0.2, -0.15) is 10.2 Å². The van der Waals surface area contributed by atoms with Gasteiger partial charge in [0.25, 0.3) is 5.56 Å². The van der Waals surface area contributed by atoms with Crippen LogP contribution < -0.4 is 5.56 Å². The van der Waals surface area contributed by atoms with Gasteiger partial charge in [0.1, 0.15) is 5.69 Å². The molecule has 4 aromatic heterocycles. The first kappa shape index (κ1) is 19.8. The van der Waals surface area contributed by atoms with Gasteiger partial charge in [0.15, 0.2) is 0 Å². The summed E-state index contributed by atoms with van der Waals surface area (Å²) in [5.74, 6) is 0. The van der Waals surface area contributed by atoms with Crippen molar-refractivity contribution < 1.29 is 0 Å². The molecule has 7 rings (SSSR count). The first-order valence-electron chi connectivity index (χ1n) is 10.9. The molecule has 0 atom stereocenters. The monoisotopic (exact) mass is 444 g/mol. The molecule has 0 aliphatic rings. The van der Waals surface area contributed by atoms with Gasteiger partial charge in [0.05, 0.1) is 28.6 Å². The highest BCUT2D eigenvalue weighted by atomic mass is 16.1. The maximum atomic E-state index is 12.0. The minimum absolute atomic E-state index is 0.0581. The molecule has 0 spiro atoms. The fourth-order valence-electron chi connectivity index (χ4n) is 4.09. The van der Waals surface area contributed by atoms with Gasteiger partial charge in [0.2, 0.25) is 0 Å². The minimum Gasteiger partial charge on any atom is -0.353 e. The van der Waals surface area contributed by atoms with E-state index < -0.39 is 0 Å². The number of hydrogen-bond acceptors (Lipinski definition) is 3. The van der Waals surface area contributed by atoms with Crippen molar-refractivity contribution in [3.8, 4) is 17.1 Å². The third-order valence-corrected chi connectivity index (χ3v) is 5.78. The predicted molar refractivity (Wildman–Crippen MR) is 135 cm³/mol. The van der Waals surface area contributed by atoms with Gasteiger partial charge in [-0.05, 0) is 42.5 Å². The molecule has 0 amide bonds. The second-order valence-electron chi connectivity index (χ2n) is 7.94. The zero-order valence-electron chi connectivity index (χ0n) is 18.1. The molecule has 0 aliphatic heterocycles. The highest BCUT2D eigenvalue weighted by Gasteiger charge is 2.12. The van der Waals surface area contributed by atoms with Crippen molar-refractivity contribution in [2.75, 3.05) is 0 Å². The number of H-pyrrole nitrogens is 3. The molecule has 0 radical (unpaired) electrons. The van der Waals surface area contributed by atoms with Gasteiger partial charge < -0.3 is 4.98 Å². The quantitative estimate of drug-likeness (QED) is 0.332. The Labute approximate surface area is 193 Å². The summed E-state index contributed by atoms with van der Waals surface area (Å²) in [5.41, 5.74) is 5.66. The molecule has 0 saturated carbocycles. The third-order valence-electron chi connectivity index (χ3n) is 5.78. The van der Waals surface area contributed by atoms with Crippen molar-refractivity contribution in [3.05, 3.63) is 114 Å². The van der Waals surface area contributed by atoms with E-state index in [9.17, 15) is 4.79 Å². The summed E-state index contributed by atoms with van der Waals surface area (Å²) < 4.78 is 1.61. The third kappa shape index (κ3) is 3.55. The van der Waals surface area contributed by atoms with Gasteiger partial charge in [-0.1, -0.05) is 42.5 Å². The Bertz CT molecular complexity index is 1740. The van der Waals surface area contributed by atoms with Crippen LogP contribution in [0.4, 0.5) is 0 Å². The lowest BCUT2D eigenvalue weighted by Gasteiger charge is -2.04. The topological polar surface area (TPSA) is 95.1 Å². The molecular formula is C27H20N6O. The molecule has 7 nitrogen and oxygen atoms in total. The first-order valence-corrected chi connectivity index (χ1v) is 10.9. The Balaban J connectivity index is 0.000000202. The number of para-hydroxylation sites is 2. The molecule has 7 aromatic rings. The summed E-state index contributed by atoms with van der Waals surface area (Å²) in [4.78, 5) is 15.4. The fourth-order valence-corrected chi connectivity index (χ4v) is 4.09. The van der Waals surface area contributed by atoms with E-state index in [0.29, 0.717) is 0 Å². The van der Waals surface area contributed by atoms with Gasteiger partial charge in [-0.25, -0.2) is 0 Å². The smallest absolute Gasteiger partial charge is 0.255 e. The van der Waals surface area contributed by atoms with Gasteiger partial charge in [0, 0.05) is 33.9 Å². The molecule has 3 aromatic carbocycles. The Morgan fingerprint density at radius 1 is 0.706 bits per heavy atom. The molecule has 0 aliphatic carbocycles. The standard InChI is InChI=1S/C20H14N4O.C7H6N2/c25-19-7-3-4-10-24(19)14-8-9-15-17(12-14)22-23-20(15)18-11-13-5-1-2-6-16(13)21-18;1-2-4-7-6(3-1)5-8-9-7/h1-12,21H,(H,22,23);1-5H,(H,8,9). The number of benzene rings is 3. The Morgan fingerprint density at radius 3 is 2.32 bits per heavy atom. The summed E-state index contributed by atoms with van der Waals surface area (Å²) in [5, 5.41) is 17.6. The van der Waals surface area contributed by atoms with Crippen LogP contribution in [0.25, 0.3) is 49.8 Å². The molecule has 3 N–H and O–H groups in total. The molecule has 4 heterocycles. The Morgan fingerprint density at radius 2 is 1.50 bits per heavy atom. The predicted octanol–water partition coefficient (Wildman–Crippen LogP) is 5.43. The van der Waals surface area contributed by atoms with E-state index in [1.165, 1.54) is 0 Å². The molecule has 0 unspecified atom stereocenters. The van der Waals surface area contributed by atoms with Gasteiger partial charge >= 0.3 is 0 Å². The van der Waals surface area contributed by atoms with Crippen LogP contribution >= 0.6 is 0 Å². The van der Waals surface area contributed by atoms with Crippen LogP contribution in [0.5, 0.6) is 0 Å². The maximum Gasteiger partial charge on any atom is 0.255 e. The molecule has 0 saturated heterocycles. The van der Waals surface area contributed by atoms with E-state index in [1.807, 2.05) is 72.9 Å². The lowest BCUT2D eigenvalue weighted by atomic mass is 10.1. The van der Waals surface area contributed by atoms with Crippen molar-refractivity contribution in [2.24, 2.45) is 0 Å². The normalized spacial score (nSPS) is 11.1. The summed E-state index contributed by atoms with van der Waals surface area (Å²) in [7, 11) is 0. The maximum absolute atomic E-state index is 12.0. The zero-order chi connectivity index (χ0) is 22.9. The van der Waals surface area contributed by atoms with Crippen LogP contribution in [0.3, 0.4) is 0 Å². The summed E-state index contributed by atoms with van der Waals surface area (Å²) in [6.07, 6.45) is 3.58. The van der Waals surface area contributed by atoms with Crippen LogP contribution in [0.15, 0.2) is 108 Å². The Kier molecular flexibility index (Phi) is 4.77. The number of nitrogens with zero attached hydrogens (tertiary/aromatic N) is 3. The van der Waals surface area contributed by atoms with Crippen LogP contribution in [0.2, 0.25) is 0 Å². The zero-order valence-corrected chi connectivity index (χ0v) is 18.1. The highest BCUT2D eigenvalue weighted by Crippen LogP contribution is 2.29. The number of rotatable bonds is 2. The van der Waals surface area contributed by atoms with Crippen molar-refractivity contribution in [1.82, 2.24) is 29.9 Å². The van der Waals surface area contributed by atoms with E-state index in [4.69, 9.17) is 0 Å². The van der Waals surface area contributed by atoms with E-state index >= 15 is 0 Å². The molecule has 0 bridgehead atoms.